The summed E-state index contributed by atoms with van der Waals surface area (Å²) >= 11 is 0. The van der Waals surface area contributed by atoms with Gasteiger partial charge in [0.2, 0.25) is 0 Å². The molecule has 7 nitrogen and oxygen atoms in total. The van der Waals surface area contributed by atoms with Crippen LogP contribution >= 0.6 is 0 Å². The summed E-state index contributed by atoms with van der Waals surface area (Å²) in [5.74, 6) is -5.96. The quantitative estimate of drug-likeness (QED) is 0.602. The first-order valence-electron chi connectivity index (χ1n) is 10.0. The van der Waals surface area contributed by atoms with Crippen molar-refractivity contribution in [2.24, 2.45) is 0 Å². The van der Waals surface area contributed by atoms with Gasteiger partial charge in [0, 0.05) is 19.2 Å². The minimum absolute atomic E-state index is 0.00872. The number of morpholine rings is 1. The van der Waals surface area contributed by atoms with Crippen molar-refractivity contribution in [1.82, 2.24) is 9.84 Å². The fourth-order valence-corrected chi connectivity index (χ4v) is 4.47. The lowest BCUT2D eigenvalue weighted by Gasteiger charge is -2.27. The molecule has 0 saturated carbocycles. The largest absolute Gasteiger partial charge is 0.461 e. The van der Waals surface area contributed by atoms with Crippen LogP contribution in [0.15, 0.2) is 60.7 Å². The Hall–Kier alpha value is -2.66. The number of carbonyl (C=O) groups excluding carboxylic acids is 1. The minimum atomic E-state index is -4.44. The Labute approximate surface area is 185 Å². The van der Waals surface area contributed by atoms with Gasteiger partial charge in [-0.05, 0) is 23.6 Å². The number of rotatable bonds is 8. The zero-order chi connectivity index (χ0) is 23.2. The van der Waals surface area contributed by atoms with Crippen molar-refractivity contribution in [2.75, 3.05) is 32.9 Å². The monoisotopic (exact) mass is 466 g/mol. The van der Waals surface area contributed by atoms with E-state index in [1.54, 1.807) is 12.1 Å². The Morgan fingerprint density at radius 2 is 1.69 bits per heavy atom. The number of halogens is 2. The van der Waals surface area contributed by atoms with Gasteiger partial charge in [0.05, 0.1) is 24.7 Å². The molecule has 2 aromatic rings. The molecule has 1 aliphatic heterocycles. The molecule has 0 unspecified atom stereocenters. The number of carbonyl (C=O) groups is 1. The van der Waals surface area contributed by atoms with Crippen LogP contribution in [0.3, 0.4) is 0 Å². The second-order valence-electron chi connectivity index (χ2n) is 6.99. The molecular formula is C22H24F2N2O5S. The van der Waals surface area contributed by atoms with Crippen molar-refractivity contribution in [2.45, 2.75) is 12.8 Å². The Kier molecular flexibility index (Phi) is 7.73. The van der Waals surface area contributed by atoms with E-state index in [1.165, 1.54) is 24.1 Å². The highest BCUT2D eigenvalue weighted by Gasteiger charge is 2.41. The summed E-state index contributed by atoms with van der Waals surface area (Å²) in [5.41, 5.74) is 1.68. The number of esters is 1. The molecular weight excluding hydrogens is 442 g/mol. The third kappa shape index (κ3) is 5.98. The van der Waals surface area contributed by atoms with Crippen molar-refractivity contribution < 1.29 is 31.5 Å². The molecule has 172 valence electrons. The van der Waals surface area contributed by atoms with E-state index in [0.717, 1.165) is 11.1 Å². The summed E-state index contributed by atoms with van der Waals surface area (Å²) < 4.78 is 64.8. The van der Waals surface area contributed by atoms with Crippen LogP contribution in [0.2, 0.25) is 0 Å². The molecule has 3 rings (SSSR count). The van der Waals surface area contributed by atoms with E-state index in [2.05, 4.69) is 9.57 Å². The van der Waals surface area contributed by atoms with E-state index in [4.69, 9.17) is 4.74 Å². The number of nitrogens with zero attached hydrogens (tertiary/aromatic N) is 1. The van der Waals surface area contributed by atoms with Crippen molar-refractivity contribution in [3.63, 3.8) is 0 Å². The van der Waals surface area contributed by atoms with Crippen molar-refractivity contribution >= 4 is 20.9 Å². The molecule has 1 N–H and O–H groups in total. The molecule has 1 fully saturated rings. The van der Waals surface area contributed by atoms with Gasteiger partial charge in [0.1, 0.15) is 0 Å². The molecule has 0 radical (unpaired) electrons. The molecule has 0 spiro atoms. The maximum atomic E-state index is 14.5. The highest BCUT2D eigenvalue weighted by Crippen LogP contribution is 2.30. The molecule has 2 aromatic carbocycles. The van der Waals surface area contributed by atoms with Crippen molar-refractivity contribution in [3.05, 3.63) is 66.2 Å². The molecule has 0 aliphatic carbocycles. The van der Waals surface area contributed by atoms with Crippen molar-refractivity contribution in [3.8, 4) is 11.1 Å². The topological polar surface area (TPSA) is 84.9 Å². The second-order valence-corrected chi connectivity index (χ2v) is 8.62. The molecule has 1 aliphatic rings. The molecule has 32 heavy (non-hydrogen) atoms. The number of ether oxygens (including phenoxy) is 2. The van der Waals surface area contributed by atoms with Crippen LogP contribution in [-0.2, 0) is 24.3 Å². The lowest BCUT2D eigenvalue weighted by molar-refractivity contribution is -0.164. The van der Waals surface area contributed by atoms with Crippen LogP contribution in [0, 0.1) is 0 Å². The maximum absolute atomic E-state index is 14.5. The average molecular weight is 467 g/mol. The Balaban J connectivity index is 2.00. The molecule has 0 aromatic heterocycles. The third-order valence-electron chi connectivity index (χ3n) is 4.69. The Morgan fingerprint density at radius 1 is 1.09 bits per heavy atom. The Morgan fingerprint density at radius 3 is 2.28 bits per heavy atom. The molecule has 1 saturated heterocycles. The summed E-state index contributed by atoms with van der Waals surface area (Å²) in [6, 6.07) is 15.4. The van der Waals surface area contributed by atoms with Gasteiger partial charge in [-0.2, -0.15) is 8.78 Å². The van der Waals surface area contributed by atoms with Gasteiger partial charge in [0.15, 0.2) is 0 Å². The zero-order valence-corrected chi connectivity index (χ0v) is 18.3. The van der Waals surface area contributed by atoms with Crippen LogP contribution in [0.1, 0.15) is 12.5 Å². The normalized spacial score (nSPS) is 16.0. The predicted molar refractivity (Wildman–Crippen MR) is 116 cm³/mol. The van der Waals surface area contributed by atoms with Gasteiger partial charge in [-0.3, -0.25) is 0 Å². The predicted octanol–water partition coefficient (Wildman–Crippen LogP) is 3.06. The SMILES string of the molecule is CCOC(=O)C(F)(F)/C=C(\c1ccc(-c2ccccc2)cc1)S(=O)(=O)NN1CCOCC1. The summed E-state index contributed by atoms with van der Waals surface area (Å²) in [7, 11) is -4.44. The van der Waals surface area contributed by atoms with E-state index in [9.17, 15) is 22.0 Å². The van der Waals surface area contributed by atoms with Gasteiger partial charge in [-0.1, -0.05) is 54.6 Å². The number of hydrogen-bond acceptors (Lipinski definition) is 6. The number of hydrazine groups is 1. The summed E-state index contributed by atoms with van der Waals surface area (Å²) in [5, 5.41) is 1.37. The summed E-state index contributed by atoms with van der Waals surface area (Å²) in [4.78, 5) is 13.3. The summed E-state index contributed by atoms with van der Waals surface area (Å²) in [6.07, 6.45) is 0.130. The van der Waals surface area contributed by atoms with Crippen LogP contribution in [0.25, 0.3) is 16.0 Å². The maximum Gasteiger partial charge on any atom is 0.381 e. The molecule has 0 amide bonds. The lowest BCUT2D eigenvalue weighted by atomic mass is 10.0. The number of sulfonamides is 1. The Bertz CT molecular complexity index is 1050. The fourth-order valence-electron chi connectivity index (χ4n) is 3.10. The van der Waals surface area contributed by atoms with Gasteiger partial charge >= 0.3 is 11.9 Å². The first kappa shape index (κ1) is 24.0. The molecule has 0 bridgehead atoms. The van der Waals surface area contributed by atoms with Crippen LogP contribution in [0.4, 0.5) is 8.78 Å². The molecule has 1 heterocycles. The molecule has 0 atom stereocenters. The zero-order valence-electron chi connectivity index (χ0n) is 17.5. The van der Waals surface area contributed by atoms with Crippen molar-refractivity contribution in [1.29, 1.82) is 0 Å². The smallest absolute Gasteiger partial charge is 0.381 e. The van der Waals surface area contributed by atoms with E-state index in [1.807, 2.05) is 30.3 Å². The highest BCUT2D eigenvalue weighted by molar-refractivity contribution is 7.98. The van der Waals surface area contributed by atoms with Gasteiger partial charge in [0.25, 0.3) is 10.0 Å². The number of alkyl halides is 2. The van der Waals surface area contributed by atoms with Gasteiger partial charge < -0.3 is 9.47 Å². The van der Waals surface area contributed by atoms with Crippen LogP contribution < -0.4 is 4.83 Å². The minimum Gasteiger partial charge on any atom is -0.461 e. The number of benzene rings is 2. The molecule has 10 heteroatoms. The van der Waals surface area contributed by atoms with Gasteiger partial charge in [-0.15, -0.1) is 4.83 Å². The number of nitrogens with one attached hydrogen (secondary N) is 1. The van der Waals surface area contributed by atoms with Crippen LogP contribution in [0.5, 0.6) is 0 Å². The second kappa shape index (κ2) is 10.3. The number of hydrogen-bond donors (Lipinski definition) is 1. The highest BCUT2D eigenvalue weighted by atomic mass is 32.2. The first-order valence-corrected chi connectivity index (χ1v) is 11.5. The van der Waals surface area contributed by atoms with E-state index < -0.39 is 26.8 Å². The fraction of sp³-hybridized carbons (Fsp3) is 0.318. The average Bonchev–Trinajstić information content (AvgIpc) is 2.79. The van der Waals surface area contributed by atoms with Gasteiger partial charge in [-0.25, -0.2) is 18.2 Å². The van der Waals surface area contributed by atoms with E-state index in [0.29, 0.717) is 13.2 Å². The van der Waals surface area contributed by atoms with E-state index >= 15 is 0 Å². The third-order valence-corrected chi connectivity index (χ3v) is 6.12. The van der Waals surface area contributed by atoms with E-state index in [-0.39, 0.29) is 31.3 Å². The first-order chi connectivity index (χ1) is 15.2. The van der Waals surface area contributed by atoms with Crippen LogP contribution in [-0.4, -0.2) is 58.2 Å². The standard InChI is InChI=1S/C22H24F2N2O5S/c1-2-31-21(27)22(23,24)16-20(32(28,29)25-26-12-14-30-15-13-26)19-10-8-18(9-11-19)17-6-4-3-5-7-17/h3-11,16,25H,2,12-15H2,1H3/b20-16+. The summed E-state index contributed by atoms with van der Waals surface area (Å²) in [6.45, 7) is 2.24. The lowest BCUT2D eigenvalue weighted by Crippen LogP contribution is -2.48.